The van der Waals surface area contributed by atoms with Gasteiger partial charge in [-0.15, -0.1) is 0 Å². The SMILES string of the molecule is c1ccc(-c2ccc(N(c3ccc(-c4ccccc4)cc3)c3ccc(-c4c5c(cc6c4oc4ccccc46)-c4ccccc4C54c5ccccc5-c5cc6c(cc54)C4CC5CC4CC65)cc3)cc2)cc1. The Morgan fingerprint density at radius 3 is 1.44 bits per heavy atom. The molecule has 1 spiro atoms. The summed E-state index contributed by atoms with van der Waals surface area (Å²) in [5, 5.41) is 2.31. The molecular weight excluding hydrogens is 847 g/mol. The third kappa shape index (κ3) is 5.23. The Bertz CT molecular complexity index is 3840. The molecule has 330 valence electrons. The van der Waals surface area contributed by atoms with Gasteiger partial charge in [0.2, 0.25) is 0 Å². The van der Waals surface area contributed by atoms with E-state index in [0.29, 0.717) is 11.8 Å². The molecule has 4 bridgehead atoms. The van der Waals surface area contributed by atoms with E-state index >= 15 is 0 Å². The van der Waals surface area contributed by atoms with Crippen molar-refractivity contribution in [3.63, 3.8) is 0 Å². The van der Waals surface area contributed by atoms with E-state index in [1.165, 1.54) is 91.6 Å². The molecule has 5 atom stereocenters. The van der Waals surface area contributed by atoms with E-state index in [-0.39, 0.29) is 0 Å². The molecule has 70 heavy (non-hydrogen) atoms. The molecule has 0 saturated heterocycles. The molecule has 6 aliphatic rings. The van der Waals surface area contributed by atoms with E-state index in [1.807, 2.05) is 0 Å². The van der Waals surface area contributed by atoms with Gasteiger partial charge in [0.1, 0.15) is 11.2 Å². The van der Waals surface area contributed by atoms with Crippen molar-refractivity contribution in [1.29, 1.82) is 0 Å². The Labute approximate surface area is 408 Å². The molecule has 0 aliphatic heterocycles. The first-order chi connectivity index (χ1) is 34.7. The van der Waals surface area contributed by atoms with Gasteiger partial charge in [-0.1, -0.05) is 176 Å². The predicted molar refractivity (Wildman–Crippen MR) is 287 cm³/mol. The van der Waals surface area contributed by atoms with Crippen molar-refractivity contribution in [3.8, 4) is 55.6 Å². The molecule has 1 heterocycles. The summed E-state index contributed by atoms with van der Waals surface area (Å²) in [4.78, 5) is 2.39. The molecule has 2 heteroatoms. The summed E-state index contributed by atoms with van der Waals surface area (Å²) in [6, 6.07) is 83.8. The zero-order chi connectivity index (χ0) is 45.7. The topological polar surface area (TPSA) is 16.4 Å². The lowest BCUT2D eigenvalue weighted by Gasteiger charge is -2.39. The minimum Gasteiger partial charge on any atom is -0.455 e. The summed E-state index contributed by atoms with van der Waals surface area (Å²) in [7, 11) is 0. The lowest BCUT2D eigenvalue weighted by molar-refractivity contribution is 0.339. The van der Waals surface area contributed by atoms with Crippen molar-refractivity contribution in [3.05, 3.63) is 258 Å². The Morgan fingerprint density at radius 2 is 0.857 bits per heavy atom. The van der Waals surface area contributed by atoms with Gasteiger partial charge in [0.15, 0.2) is 0 Å². The number of hydrogen-bond donors (Lipinski definition) is 0. The summed E-state index contributed by atoms with van der Waals surface area (Å²) in [5.74, 6) is 3.06. The standard InChI is InChI=1S/C68H47NO/c1-3-13-41(14-4-1)43-23-29-48(30-24-43)69(49-31-25-44(26-32-49)42-15-5-2-6-16-42)50-33-27-45(28-34-50)65-66-59(39-60-53-19-9-12-22-64(53)70-67(60)65)52-18-8-11-21-62(52)68(66)61-20-10-7-17-51(61)58-38-56-54-36-47-35-46(54)37-55(47)57(56)40-63(58)68/h1-34,38-40,46-47,54-55H,35-37H2. The van der Waals surface area contributed by atoms with E-state index in [9.17, 15) is 0 Å². The van der Waals surface area contributed by atoms with Crippen LogP contribution in [-0.4, -0.2) is 0 Å². The Balaban J connectivity index is 0.925. The van der Waals surface area contributed by atoms with Gasteiger partial charge < -0.3 is 9.32 Å². The summed E-state index contributed by atoms with van der Waals surface area (Å²) in [6.45, 7) is 0. The van der Waals surface area contributed by atoms with Crippen molar-refractivity contribution < 1.29 is 4.42 Å². The molecule has 6 aliphatic carbocycles. The van der Waals surface area contributed by atoms with Crippen LogP contribution in [0.25, 0.3) is 77.6 Å². The number of furan rings is 1. The number of nitrogens with zero attached hydrogens (tertiary/aromatic N) is 1. The van der Waals surface area contributed by atoms with Crippen LogP contribution in [0.4, 0.5) is 17.1 Å². The first-order valence-electron chi connectivity index (χ1n) is 25.3. The minimum atomic E-state index is -0.527. The Hall–Kier alpha value is -8.20. The lowest BCUT2D eigenvalue weighted by atomic mass is 9.64. The Morgan fingerprint density at radius 1 is 0.371 bits per heavy atom. The quantitative estimate of drug-likeness (QED) is 0.165. The number of rotatable bonds is 6. The maximum Gasteiger partial charge on any atom is 0.143 e. The van der Waals surface area contributed by atoms with Gasteiger partial charge >= 0.3 is 0 Å². The number of fused-ring (bicyclic) bond motifs is 13. The van der Waals surface area contributed by atoms with Crippen LogP contribution in [0.5, 0.6) is 0 Å². The van der Waals surface area contributed by atoms with E-state index < -0.39 is 5.41 Å². The molecule has 2 saturated carbocycles. The van der Waals surface area contributed by atoms with E-state index in [0.717, 1.165) is 56.4 Å². The first-order valence-corrected chi connectivity index (χ1v) is 25.3. The normalized spacial score (nSPS) is 20.5. The number of hydrogen-bond acceptors (Lipinski definition) is 2. The van der Waals surface area contributed by atoms with Crippen LogP contribution in [-0.2, 0) is 5.41 Å². The van der Waals surface area contributed by atoms with Gasteiger partial charge in [0.25, 0.3) is 0 Å². The average molecular weight is 894 g/mol. The van der Waals surface area contributed by atoms with Crippen LogP contribution in [0, 0.1) is 11.8 Å². The second-order valence-electron chi connectivity index (χ2n) is 20.7. The van der Waals surface area contributed by atoms with Gasteiger partial charge in [0, 0.05) is 33.4 Å². The molecule has 5 unspecified atom stereocenters. The average Bonchev–Trinajstić information content (AvgIpc) is 4.25. The van der Waals surface area contributed by atoms with Crippen molar-refractivity contribution in [2.24, 2.45) is 11.8 Å². The van der Waals surface area contributed by atoms with Crippen LogP contribution in [0.3, 0.4) is 0 Å². The fourth-order valence-corrected chi connectivity index (χ4v) is 14.6. The number of para-hydroxylation sites is 1. The Kier molecular flexibility index (Phi) is 7.98. The third-order valence-corrected chi connectivity index (χ3v) is 17.4. The lowest BCUT2D eigenvalue weighted by Crippen LogP contribution is -2.29. The molecule has 0 N–H and O–H groups in total. The molecule has 2 fully saturated rings. The molecule has 17 rings (SSSR count). The fourth-order valence-electron chi connectivity index (χ4n) is 14.6. The number of benzene rings is 10. The van der Waals surface area contributed by atoms with Crippen LogP contribution < -0.4 is 4.90 Å². The molecular formula is C68H47NO. The zero-order valence-electron chi connectivity index (χ0n) is 38.6. The predicted octanol–water partition coefficient (Wildman–Crippen LogP) is 18.0. The van der Waals surface area contributed by atoms with Crippen LogP contribution in [0.15, 0.2) is 229 Å². The summed E-state index contributed by atoms with van der Waals surface area (Å²) < 4.78 is 7.19. The highest BCUT2D eigenvalue weighted by atomic mass is 16.3. The summed E-state index contributed by atoms with van der Waals surface area (Å²) in [5.41, 5.74) is 26.0. The second-order valence-corrected chi connectivity index (χ2v) is 20.7. The van der Waals surface area contributed by atoms with Gasteiger partial charge in [-0.3, -0.25) is 0 Å². The van der Waals surface area contributed by atoms with Gasteiger partial charge in [0.05, 0.1) is 5.41 Å². The maximum atomic E-state index is 7.19. The highest BCUT2D eigenvalue weighted by Crippen LogP contribution is 2.70. The second kappa shape index (κ2) is 14.4. The van der Waals surface area contributed by atoms with Gasteiger partial charge in [-0.05, 0) is 175 Å². The van der Waals surface area contributed by atoms with Crippen molar-refractivity contribution in [1.82, 2.24) is 0 Å². The van der Waals surface area contributed by atoms with Crippen LogP contribution in [0.1, 0.15) is 64.5 Å². The zero-order valence-corrected chi connectivity index (χ0v) is 38.6. The highest BCUT2D eigenvalue weighted by molar-refractivity contribution is 6.15. The molecule has 2 nitrogen and oxygen atoms in total. The van der Waals surface area contributed by atoms with Crippen molar-refractivity contribution in [2.45, 2.75) is 36.5 Å². The molecule has 0 amide bonds. The van der Waals surface area contributed by atoms with E-state index in [4.69, 9.17) is 4.42 Å². The maximum absolute atomic E-state index is 7.19. The number of anilines is 3. The van der Waals surface area contributed by atoms with E-state index in [2.05, 4.69) is 229 Å². The summed E-state index contributed by atoms with van der Waals surface area (Å²) in [6.07, 6.45) is 4.14. The summed E-state index contributed by atoms with van der Waals surface area (Å²) >= 11 is 0. The van der Waals surface area contributed by atoms with Crippen LogP contribution in [0.2, 0.25) is 0 Å². The van der Waals surface area contributed by atoms with Gasteiger partial charge in [-0.2, -0.15) is 0 Å². The first kappa shape index (κ1) is 38.7. The highest BCUT2D eigenvalue weighted by Gasteiger charge is 2.57. The molecule has 1 aromatic heterocycles. The minimum absolute atomic E-state index is 0.527. The molecule has 0 radical (unpaired) electrons. The fraction of sp³-hybridized carbons (Fsp3) is 0.118. The van der Waals surface area contributed by atoms with Gasteiger partial charge in [-0.25, -0.2) is 0 Å². The molecule has 11 aromatic rings. The molecule has 10 aromatic carbocycles. The largest absolute Gasteiger partial charge is 0.455 e. The monoisotopic (exact) mass is 893 g/mol. The van der Waals surface area contributed by atoms with Crippen molar-refractivity contribution >= 4 is 39.0 Å². The smallest absolute Gasteiger partial charge is 0.143 e. The van der Waals surface area contributed by atoms with Crippen molar-refractivity contribution in [2.75, 3.05) is 4.90 Å². The van der Waals surface area contributed by atoms with E-state index in [1.54, 1.807) is 11.1 Å². The third-order valence-electron chi connectivity index (χ3n) is 17.4. The van der Waals surface area contributed by atoms with Crippen LogP contribution >= 0.6 is 0 Å².